The second-order valence-corrected chi connectivity index (χ2v) is 8.51. The van der Waals surface area contributed by atoms with Gasteiger partial charge in [0, 0.05) is 17.9 Å². The Morgan fingerprint density at radius 3 is 2.12 bits per heavy atom. The zero-order chi connectivity index (χ0) is 23.1. The van der Waals surface area contributed by atoms with Crippen LogP contribution in [0.25, 0.3) is 0 Å². The number of rotatable bonds is 9. The van der Waals surface area contributed by atoms with E-state index in [4.69, 9.17) is 9.47 Å². The van der Waals surface area contributed by atoms with Crippen LogP contribution in [0.2, 0.25) is 0 Å². The molecule has 0 unspecified atom stereocenters. The lowest BCUT2D eigenvalue weighted by atomic mass is 10.2. The molecule has 0 atom stereocenters. The molecule has 2 N–H and O–H groups in total. The molecule has 0 radical (unpaired) electrons. The lowest BCUT2D eigenvalue weighted by Gasteiger charge is -2.11. The molecule has 1 heterocycles. The fraction of sp³-hybridized carbons (Fsp3) is 0.250. The number of hydrogen-bond donors (Lipinski definition) is 2. The molecule has 0 saturated heterocycles. The molecular weight excluding hydrogens is 426 g/mol. The Morgan fingerprint density at radius 2 is 1.53 bits per heavy atom. The second kappa shape index (κ2) is 10.8. The largest absolute Gasteiger partial charge is 0.497 e. The molecule has 7 nitrogen and oxygen atoms in total. The quantitative estimate of drug-likeness (QED) is 0.498. The van der Waals surface area contributed by atoms with Crippen molar-refractivity contribution in [1.29, 1.82) is 0 Å². The number of aryl methyl sites for hydroxylation is 1. The molecule has 0 fully saturated rings. The minimum Gasteiger partial charge on any atom is -0.497 e. The minimum absolute atomic E-state index is 0.262. The molecule has 0 aliphatic heterocycles. The molecule has 0 spiro atoms. The van der Waals surface area contributed by atoms with Crippen molar-refractivity contribution in [3.05, 3.63) is 69.9 Å². The van der Waals surface area contributed by atoms with Crippen LogP contribution in [0, 0.1) is 6.92 Å². The van der Waals surface area contributed by atoms with Crippen LogP contribution in [-0.4, -0.2) is 51.1 Å². The Bertz CT molecular complexity index is 1080. The molecule has 0 saturated carbocycles. The molecule has 1 aromatic heterocycles. The van der Waals surface area contributed by atoms with Gasteiger partial charge in [0.2, 0.25) is 0 Å². The van der Waals surface area contributed by atoms with Crippen molar-refractivity contribution in [1.82, 2.24) is 4.90 Å². The van der Waals surface area contributed by atoms with Crippen LogP contribution in [0.1, 0.15) is 24.9 Å². The fourth-order valence-corrected chi connectivity index (χ4v) is 3.64. The van der Waals surface area contributed by atoms with E-state index in [0.29, 0.717) is 27.7 Å². The number of benzene rings is 2. The highest BCUT2D eigenvalue weighted by Gasteiger charge is 2.15. The zero-order valence-corrected chi connectivity index (χ0v) is 19.4. The van der Waals surface area contributed by atoms with E-state index in [-0.39, 0.29) is 11.8 Å². The Morgan fingerprint density at radius 1 is 0.906 bits per heavy atom. The Kier molecular flexibility index (Phi) is 7.86. The van der Waals surface area contributed by atoms with Crippen LogP contribution in [0.4, 0.5) is 11.4 Å². The standard InChI is InChI=1S/C24H27N3O4S/c1-16-15-19(30-4)9-10-20(16)26-24(29)22-12-11-21(32-22)23(28)25-17-5-7-18(8-6-17)31-14-13-27(2)3/h5-12,15H,13-14H2,1-4H3,(H,25,28)(H,26,29). The van der Waals surface area contributed by atoms with Gasteiger partial charge in [-0.1, -0.05) is 0 Å². The first-order valence-corrected chi connectivity index (χ1v) is 10.9. The van der Waals surface area contributed by atoms with E-state index >= 15 is 0 Å². The van der Waals surface area contributed by atoms with E-state index in [9.17, 15) is 9.59 Å². The average molecular weight is 454 g/mol. The fourth-order valence-electron chi connectivity index (χ4n) is 2.84. The molecule has 0 aliphatic carbocycles. The van der Waals surface area contributed by atoms with Crippen LogP contribution in [0.3, 0.4) is 0 Å². The summed E-state index contributed by atoms with van der Waals surface area (Å²) in [5, 5.41) is 5.72. The first kappa shape index (κ1) is 23.3. The van der Waals surface area contributed by atoms with E-state index in [0.717, 1.165) is 34.9 Å². The summed E-state index contributed by atoms with van der Waals surface area (Å²) in [7, 11) is 5.57. The van der Waals surface area contributed by atoms with E-state index in [1.807, 2.05) is 44.1 Å². The summed E-state index contributed by atoms with van der Waals surface area (Å²) in [6.07, 6.45) is 0. The summed E-state index contributed by atoms with van der Waals surface area (Å²) in [5.41, 5.74) is 2.24. The number of methoxy groups -OCH3 is 1. The molecule has 0 bridgehead atoms. The number of ether oxygens (including phenoxy) is 2. The summed E-state index contributed by atoms with van der Waals surface area (Å²) in [6, 6.07) is 15.9. The van der Waals surface area contributed by atoms with Crippen molar-refractivity contribution >= 4 is 34.5 Å². The van der Waals surface area contributed by atoms with Crippen LogP contribution in [-0.2, 0) is 0 Å². The van der Waals surface area contributed by atoms with Gasteiger partial charge in [0.1, 0.15) is 18.1 Å². The number of amides is 2. The van der Waals surface area contributed by atoms with E-state index in [1.54, 1.807) is 43.5 Å². The maximum Gasteiger partial charge on any atom is 0.265 e. The van der Waals surface area contributed by atoms with Gasteiger partial charge >= 0.3 is 0 Å². The maximum atomic E-state index is 12.6. The molecular formula is C24H27N3O4S. The first-order valence-electron chi connectivity index (χ1n) is 10.1. The van der Waals surface area contributed by atoms with Crippen molar-refractivity contribution in [2.24, 2.45) is 0 Å². The maximum absolute atomic E-state index is 12.6. The average Bonchev–Trinajstić information content (AvgIpc) is 3.27. The van der Waals surface area contributed by atoms with Gasteiger partial charge in [0.25, 0.3) is 11.8 Å². The Labute approximate surface area is 192 Å². The molecule has 32 heavy (non-hydrogen) atoms. The highest BCUT2D eigenvalue weighted by molar-refractivity contribution is 7.16. The van der Waals surface area contributed by atoms with Crippen molar-refractivity contribution in [3.8, 4) is 11.5 Å². The van der Waals surface area contributed by atoms with Crippen molar-refractivity contribution in [3.63, 3.8) is 0 Å². The normalized spacial score (nSPS) is 10.7. The predicted octanol–water partition coefficient (Wildman–Crippen LogP) is 4.51. The van der Waals surface area contributed by atoms with E-state index in [2.05, 4.69) is 10.6 Å². The van der Waals surface area contributed by atoms with Gasteiger partial charge in [-0.3, -0.25) is 9.59 Å². The number of nitrogens with zero attached hydrogens (tertiary/aromatic N) is 1. The number of likely N-dealkylation sites (N-methyl/N-ethyl adjacent to an activating group) is 1. The van der Waals surface area contributed by atoms with Crippen molar-refractivity contribution < 1.29 is 19.1 Å². The van der Waals surface area contributed by atoms with E-state index < -0.39 is 0 Å². The van der Waals surface area contributed by atoms with Gasteiger partial charge in [0.15, 0.2) is 0 Å². The number of hydrogen-bond acceptors (Lipinski definition) is 6. The highest BCUT2D eigenvalue weighted by atomic mass is 32.1. The number of anilines is 2. The third-order valence-corrected chi connectivity index (χ3v) is 5.74. The van der Waals surface area contributed by atoms with Crippen LogP contribution in [0.15, 0.2) is 54.6 Å². The molecule has 168 valence electrons. The molecule has 2 aromatic carbocycles. The van der Waals surface area contributed by atoms with Crippen LogP contribution < -0.4 is 20.1 Å². The van der Waals surface area contributed by atoms with Gasteiger partial charge in [-0.15, -0.1) is 11.3 Å². The minimum atomic E-state index is -0.268. The van der Waals surface area contributed by atoms with E-state index in [1.165, 1.54) is 0 Å². The van der Waals surface area contributed by atoms with Crippen LogP contribution in [0.5, 0.6) is 11.5 Å². The SMILES string of the molecule is COc1ccc(NC(=O)c2ccc(C(=O)Nc3ccc(OCCN(C)C)cc3)s2)c(C)c1. The second-order valence-electron chi connectivity index (χ2n) is 7.43. The third kappa shape index (κ3) is 6.32. The van der Waals surface area contributed by atoms with Crippen LogP contribution >= 0.6 is 11.3 Å². The topological polar surface area (TPSA) is 79.9 Å². The van der Waals surface area contributed by atoms with Gasteiger partial charge in [-0.05, 0) is 81.2 Å². The molecule has 2 amide bonds. The molecule has 3 rings (SSSR count). The summed E-state index contributed by atoms with van der Waals surface area (Å²) < 4.78 is 10.8. The smallest absolute Gasteiger partial charge is 0.265 e. The highest BCUT2D eigenvalue weighted by Crippen LogP contribution is 2.24. The van der Waals surface area contributed by atoms with Gasteiger partial charge < -0.3 is 25.0 Å². The predicted molar refractivity (Wildman–Crippen MR) is 128 cm³/mol. The summed E-state index contributed by atoms with van der Waals surface area (Å²) >= 11 is 1.14. The summed E-state index contributed by atoms with van der Waals surface area (Å²) in [5.74, 6) is 0.940. The summed E-state index contributed by atoms with van der Waals surface area (Å²) in [4.78, 5) is 28.1. The third-order valence-electron chi connectivity index (χ3n) is 4.65. The first-order chi connectivity index (χ1) is 15.4. The number of thiophene rings is 1. The summed E-state index contributed by atoms with van der Waals surface area (Å²) in [6.45, 7) is 3.31. The Hall–Kier alpha value is -3.36. The molecule has 3 aromatic rings. The lowest BCUT2D eigenvalue weighted by Crippen LogP contribution is -2.19. The zero-order valence-electron chi connectivity index (χ0n) is 18.6. The molecule has 8 heteroatoms. The van der Waals surface area contributed by atoms with Crippen molar-refractivity contribution in [2.75, 3.05) is 45.0 Å². The molecule has 0 aliphatic rings. The Balaban J connectivity index is 1.57. The number of carbonyl (C=O) groups is 2. The van der Waals surface area contributed by atoms with Gasteiger partial charge in [-0.25, -0.2) is 0 Å². The monoisotopic (exact) mass is 453 g/mol. The number of carbonyl (C=O) groups excluding carboxylic acids is 2. The van der Waals surface area contributed by atoms with Gasteiger partial charge in [-0.2, -0.15) is 0 Å². The van der Waals surface area contributed by atoms with Crippen molar-refractivity contribution in [2.45, 2.75) is 6.92 Å². The van der Waals surface area contributed by atoms with Gasteiger partial charge in [0.05, 0.1) is 16.9 Å². The lowest BCUT2D eigenvalue weighted by molar-refractivity contribution is 0.102. The number of nitrogens with one attached hydrogen (secondary N) is 2.